The topological polar surface area (TPSA) is 109 Å². The maximum absolute atomic E-state index is 6.97. The lowest BCUT2D eigenvalue weighted by molar-refractivity contribution is 0.311. The fourth-order valence-electron chi connectivity index (χ4n) is 0.522. The average molecular weight is 154 g/mol. The minimum atomic E-state index is 0.0584. The van der Waals surface area contributed by atoms with Crippen molar-refractivity contribution >= 4 is 5.84 Å². The lowest BCUT2D eigenvalue weighted by Crippen LogP contribution is -2.10. The number of nitrogens with one attached hydrogen (secondary N) is 1. The van der Waals surface area contributed by atoms with Crippen molar-refractivity contribution in [3.8, 4) is 0 Å². The van der Waals surface area contributed by atoms with Crippen LogP contribution in [0.3, 0.4) is 0 Å². The van der Waals surface area contributed by atoms with Gasteiger partial charge in [-0.05, 0) is 12.1 Å². The lowest BCUT2D eigenvalue weighted by Gasteiger charge is -1.92. The van der Waals surface area contributed by atoms with Crippen LogP contribution in [0.15, 0.2) is 24.5 Å². The molecular formula is C6H10N4O. The van der Waals surface area contributed by atoms with Gasteiger partial charge in [0, 0.05) is 18.0 Å². The number of aromatic nitrogens is 1. The second-order valence-corrected chi connectivity index (χ2v) is 1.66. The van der Waals surface area contributed by atoms with Crippen molar-refractivity contribution in [2.75, 3.05) is 0 Å². The quantitative estimate of drug-likeness (QED) is 0.253. The molecule has 60 valence electrons. The molecule has 0 saturated heterocycles. The summed E-state index contributed by atoms with van der Waals surface area (Å²) in [5, 5.41) is 13.5. The van der Waals surface area contributed by atoms with Gasteiger partial charge in [-0.1, -0.05) is 0 Å². The van der Waals surface area contributed by atoms with Crippen molar-refractivity contribution < 1.29 is 5.21 Å². The number of hydrogen-bond acceptors (Lipinski definition) is 4. The van der Waals surface area contributed by atoms with Gasteiger partial charge in [-0.3, -0.25) is 10.4 Å². The standard InChI is InChI=1S/C6H7N3.H3NO/c7-6(8)5-2-1-3-9-4-5;1-2/h1-4H,(H3,7,8);2H,1H2. The zero-order valence-corrected chi connectivity index (χ0v) is 5.86. The van der Waals surface area contributed by atoms with Gasteiger partial charge in [-0.25, -0.2) is 5.90 Å². The summed E-state index contributed by atoms with van der Waals surface area (Å²) in [6.45, 7) is 0. The summed E-state index contributed by atoms with van der Waals surface area (Å²) >= 11 is 0. The van der Waals surface area contributed by atoms with Gasteiger partial charge >= 0.3 is 0 Å². The third-order valence-electron chi connectivity index (χ3n) is 0.973. The first-order valence-electron chi connectivity index (χ1n) is 2.81. The van der Waals surface area contributed by atoms with E-state index in [1.54, 1.807) is 24.5 Å². The van der Waals surface area contributed by atoms with E-state index in [1.807, 2.05) is 0 Å². The van der Waals surface area contributed by atoms with Gasteiger partial charge in [0.1, 0.15) is 5.84 Å². The molecule has 5 nitrogen and oxygen atoms in total. The van der Waals surface area contributed by atoms with Crippen molar-refractivity contribution in [2.24, 2.45) is 11.6 Å². The first kappa shape index (κ1) is 9.54. The van der Waals surface area contributed by atoms with Gasteiger partial charge in [-0.2, -0.15) is 0 Å². The number of nitrogens with zero attached hydrogens (tertiary/aromatic N) is 1. The largest absolute Gasteiger partial charge is 0.384 e. The predicted octanol–water partition coefficient (Wildman–Crippen LogP) is -0.300. The summed E-state index contributed by atoms with van der Waals surface area (Å²) in [4.78, 5) is 3.79. The monoisotopic (exact) mass is 154 g/mol. The molecule has 1 rings (SSSR count). The molecule has 0 radical (unpaired) electrons. The maximum Gasteiger partial charge on any atom is 0.124 e. The van der Waals surface area contributed by atoms with E-state index in [1.165, 1.54) is 0 Å². The number of nitrogens with two attached hydrogens (primary N) is 2. The molecule has 0 atom stereocenters. The van der Waals surface area contributed by atoms with E-state index in [0.29, 0.717) is 5.56 Å². The van der Waals surface area contributed by atoms with Crippen LogP contribution in [0, 0.1) is 5.41 Å². The molecule has 0 spiro atoms. The average Bonchev–Trinajstić information content (AvgIpc) is 2.10. The molecule has 0 unspecified atom stereocenters. The molecule has 0 bridgehead atoms. The van der Waals surface area contributed by atoms with E-state index in [-0.39, 0.29) is 5.84 Å². The molecule has 0 aliphatic heterocycles. The van der Waals surface area contributed by atoms with E-state index in [4.69, 9.17) is 16.4 Å². The molecule has 1 aromatic heterocycles. The van der Waals surface area contributed by atoms with Crippen molar-refractivity contribution in [3.63, 3.8) is 0 Å². The van der Waals surface area contributed by atoms with Crippen LogP contribution in [0.1, 0.15) is 5.56 Å². The highest BCUT2D eigenvalue weighted by molar-refractivity contribution is 5.94. The van der Waals surface area contributed by atoms with Crippen LogP contribution in [0.25, 0.3) is 0 Å². The van der Waals surface area contributed by atoms with Crippen molar-refractivity contribution in [3.05, 3.63) is 30.1 Å². The molecule has 0 fully saturated rings. The molecule has 0 saturated carbocycles. The predicted molar refractivity (Wildman–Crippen MR) is 41.2 cm³/mol. The fraction of sp³-hybridized carbons (Fsp3) is 0. The Kier molecular flexibility index (Phi) is 4.63. The molecule has 1 heterocycles. The summed E-state index contributed by atoms with van der Waals surface area (Å²) in [6, 6.07) is 3.49. The number of rotatable bonds is 1. The third kappa shape index (κ3) is 3.29. The number of pyridine rings is 1. The fourth-order valence-corrected chi connectivity index (χ4v) is 0.522. The van der Waals surface area contributed by atoms with Crippen LogP contribution in [0.4, 0.5) is 0 Å². The Morgan fingerprint density at radius 3 is 2.45 bits per heavy atom. The van der Waals surface area contributed by atoms with Crippen LogP contribution < -0.4 is 11.6 Å². The molecule has 0 aliphatic rings. The molecule has 6 N–H and O–H groups in total. The van der Waals surface area contributed by atoms with E-state index >= 15 is 0 Å². The van der Waals surface area contributed by atoms with Gasteiger partial charge in [0.15, 0.2) is 0 Å². The Morgan fingerprint density at radius 2 is 2.18 bits per heavy atom. The third-order valence-corrected chi connectivity index (χ3v) is 0.973. The zero-order chi connectivity index (χ0) is 8.69. The van der Waals surface area contributed by atoms with Gasteiger partial charge < -0.3 is 10.9 Å². The van der Waals surface area contributed by atoms with Crippen LogP contribution >= 0.6 is 0 Å². The van der Waals surface area contributed by atoms with Gasteiger partial charge in [0.25, 0.3) is 0 Å². The van der Waals surface area contributed by atoms with Gasteiger partial charge in [0.05, 0.1) is 0 Å². The first-order chi connectivity index (χ1) is 5.30. The Hall–Kier alpha value is -1.46. The first-order valence-corrected chi connectivity index (χ1v) is 2.81. The van der Waals surface area contributed by atoms with Crippen LogP contribution in [0.2, 0.25) is 0 Å². The van der Waals surface area contributed by atoms with Crippen molar-refractivity contribution in [2.45, 2.75) is 0 Å². The van der Waals surface area contributed by atoms with Crippen LogP contribution in [0.5, 0.6) is 0 Å². The highest BCUT2D eigenvalue weighted by Gasteiger charge is 1.90. The number of hydrogen-bond donors (Lipinski definition) is 4. The second-order valence-electron chi connectivity index (χ2n) is 1.66. The SMILES string of the molecule is N=C(N)c1cccnc1.NO. The highest BCUT2D eigenvalue weighted by Crippen LogP contribution is 1.91. The summed E-state index contributed by atoms with van der Waals surface area (Å²) < 4.78 is 0. The summed E-state index contributed by atoms with van der Waals surface area (Å²) in [6.07, 6.45) is 3.20. The molecule has 11 heavy (non-hydrogen) atoms. The van der Waals surface area contributed by atoms with Crippen LogP contribution in [-0.4, -0.2) is 16.0 Å². The zero-order valence-electron chi connectivity index (χ0n) is 5.86. The Balaban J connectivity index is 0.000000461. The molecule has 0 aliphatic carbocycles. The molecule has 0 aromatic carbocycles. The minimum Gasteiger partial charge on any atom is -0.384 e. The number of nitrogen functional groups attached to an aromatic ring is 1. The lowest BCUT2D eigenvalue weighted by atomic mass is 10.3. The summed E-state index contributed by atoms with van der Waals surface area (Å²) in [7, 11) is 0. The van der Waals surface area contributed by atoms with Crippen molar-refractivity contribution in [1.82, 2.24) is 4.98 Å². The van der Waals surface area contributed by atoms with E-state index in [9.17, 15) is 0 Å². The van der Waals surface area contributed by atoms with E-state index < -0.39 is 0 Å². The van der Waals surface area contributed by atoms with E-state index in [0.717, 1.165) is 0 Å². The van der Waals surface area contributed by atoms with Gasteiger partial charge in [-0.15, -0.1) is 0 Å². The Labute approximate surface area is 64.1 Å². The molecule has 0 amide bonds. The Morgan fingerprint density at radius 1 is 1.55 bits per heavy atom. The minimum absolute atomic E-state index is 0.0584. The number of amidine groups is 1. The second kappa shape index (κ2) is 5.33. The van der Waals surface area contributed by atoms with Gasteiger partial charge in [0.2, 0.25) is 0 Å². The molecular weight excluding hydrogens is 144 g/mol. The smallest absolute Gasteiger partial charge is 0.124 e. The molecule has 1 aromatic rings. The summed E-state index contributed by atoms with van der Waals surface area (Å²) in [5.74, 6) is 3.56. The maximum atomic E-state index is 6.97. The molecule has 5 heteroatoms. The Bertz CT molecular complexity index is 211. The highest BCUT2D eigenvalue weighted by atomic mass is 16.4. The van der Waals surface area contributed by atoms with E-state index in [2.05, 4.69) is 10.9 Å². The summed E-state index contributed by atoms with van der Waals surface area (Å²) in [5.41, 5.74) is 5.82. The normalized spacial score (nSPS) is 7.82. The van der Waals surface area contributed by atoms with Crippen LogP contribution in [-0.2, 0) is 0 Å². The van der Waals surface area contributed by atoms with Crippen molar-refractivity contribution in [1.29, 1.82) is 5.41 Å².